The third-order valence-corrected chi connectivity index (χ3v) is 5.19. The number of pyridine rings is 1. The molecule has 3 nitrogen and oxygen atoms in total. The van der Waals surface area contributed by atoms with Gasteiger partial charge in [0, 0.05) is 20.7 Å². The van der Waals surface area contributed by atoms with Crippen molar-refractivity contribution in [2.75, 3.05) is 0 Å². The van der Waals surface area contributed by atoms with Crippen LogP contribution in [0, 0.1) is 13.8 Å². The van der Waals surface area contributed by atoms with Crippen LogP contribution in [0.4, 0.5) is 0 Å². The molecule has 24 heavy (non-hydrogen) atoms. The van der Waals surface area contributed by atoms with Crippen molar-refractivity contribution in [3.63, 3.8) is 0 Å². The van der Waals surface area contributed by atoms with Gasteiger partial charge in [-0.15, -0.1) is 11.3 Å². The van der Waals surface area contributed by atoms with Gasteiger partial charge >= 0.3 is 5.97 Å². The highest BCUT2D eigenvalue weighted by Crippen LogP contribution is 2.33. The molecule has 0 saturated heterocycles. The Kier molecular flexibility index (Phi) is 3.96. The number of aryl methyl sites for hydroxylation is 2. The third-order valence-electron chi connectivity index (χ3n) is 4.22. The van der Waals surface area contributed by atoms with E-state index >= 15 is 0 Å². The zero-order valence-electron chi connectivity index (χ0n) is 14.6. The number of thiophene rings is 1. The number of hydrogen-bond acceptors (Lipinski definition) is 3. The van der Waals surface area contributed by atoms with E-state index in [0.29, 0.717) is 10.9 Å². The Morgan fingerprint density at radius 1 is 1.12 bits per heavy atom. The van der Waals surface area contributed by atoms with Crippen molar-refractivity contribution < 1.29 is 9.90 Å². The van der Waals surface area contributed by atoms with Gasteiger partial charge in [0.2, 0.25) is 0 Å². The van der Waals surface area contributed by atoms with E-state index in [0.717, 1.165) is 27.2 Å². The SMILES string of the molecule is Cc1cc(-c2cc(C(=O)O)c3cc(C(C)(C)C)ccc3n2)c(C)s1. The van der Waals surface area contributed by atoms with Crippen molar-refractivity contribution in [2.45, 2.75) is 40.0 Å². The molecule has 4 heteroatoms. The van der Waals surface area contributed by atoms with E-state index in [1.165, 1.54) is 4.88 Å². The molecule has 0 aliphatic heterocycles. The van der Waals surface area contributed by atoms with E-state index in [-0.39, 0.29) is 5.41 Å². The van der Waals surface area contributed by atoms with Gasteiger partial charge in [-0.05, 0) is 49.1 Å². The zero-order chi connectivity index (χ0) is 17.6. The van der Waals surface area contributed by atoms with Crippen LogP contribution in [0.5, 0.6) is 0 Å². The lowest BCUT2D eigenvalue weighted by Gasteiger charge is -2.20. The zero-order valence-corrected chi connectivity index (χ0v) is 15.4. The van der Waals surface area contributed by atoms with Crippen LogP contribution < -0.4 is 0 Å². The van der Waals surface area contributed by atoms with Crippen LogP contribution >= 0.6 is 11.3 Å². The Hall–Kier alpha value is -2.20. The highest BCUT2D eigenvalue weighted by molar-refractivity contribution is 7.12. The number of aromatic nitrogens is 1. The minimum atomic E-state index is -0.917. The third kappa shape index (κ3) is 2.94. The van der Waals surface area contributed by atoms with Gasteiger partial charge in [-0.25, -0.2) is 9.78 Å². The molecule has 0 radical (unpaired) electrons. The first-order valence-electron chi connectivity index (χ1n) is 7.93. The van der Waals surface area contributed by atoms with Crippen molar-refractivity contribution >= 4 is 28.2 Å². The van der Waals surface area contributed by atoms with Gasteiger partial charge in [-0.2, -0.15) is 0 Å². The first-order chi connectivity index (χ1) is 11.2. The summed E-state index contributed by atoms with van der Waals surface area (Å²) in [5.41, 5.74) is 3.84. The number of hydrogen-bond donors (Lipinski definition) is 1. The van der Waals surface area contributed by atoms with E-state index in [1.54, 1.807) is 17.4 Å². The summed E-state index contributed by atoms with van der Waals surface area (Å²) in [5.74, 6) is -0.917. The van der Waals surface area contributed by atoms with Crippen molar-refractivity contribution in [2.24, 2.45) is 0 Å². The second kappa shape index (κ2) is 5.71. The molecule has 3 aromatic rings. The first-order valence-corrected chi connectivity index (χ1v) is 8.74. The van der Waals surface area contributed by atoms with Crippen LogP contribution in [0.25, 0.3) is 22.2 Å². The predicted octanol–water partition coefficient (Wildman–Crippen LogP) is 5.58. The molecule has 1 aromatic carbocycles. The van der Waals surface area contributed by atoms with Crippen molar-refractivity contribution in [1.29, 1.82) is 0 Å². The summed E-state index contributed by atoms with van der Waals surface area (Å²) in [6.45, 7) is 10.5. The molecule has 0 amide bonds. The van der Waals surface area contributed by atoms with E-state index < -0.39 is 5.97 Å². The van der Waals surface area contributed by atoms with E-state index in [2.05, 4.69) is 33.8 Å². The molecule has 0 unspecified atom stereocenters. The van der Waals surface area contributed by atoms with Gasteiger partial charge in [0.1, 0.15) is 0 Å². The lowest BCUT2D eigenvalue weighted by atomic mass is 9.86. The molecule has 1 N–H and O–H groups in total. The van der Waals surface area contributed by atoms with Crippen molar-refractivity contribution in [3.05, 3.63) is 51.2 Å². The summed E-state index contributed by atoms with van der Waals surface area (Å²) < 4.78 is 0. The summed E-state index contributed by atoms with van der Waals surface area (Å²) in [4.78, 5) is 18.9. The molecule has 0 aliphatic rings. The smallest absolute Gasteiger partial charge is 0.336 e. The molecular weight excluding hydrogens is 318 g/mol. The summed E-state index contributed by atoms with van der Waals surface area (Å²) in [5, 5.41) is 10.4. The molecule has 124 valence electrons. The van der Waals surface area contributed by atoms with Crippen LogP contribution in [0.1, 0.15) is 46.4 Å². The monoisotopic (exact) mass is 339 g/mol. The summed E-state index contributed by atoms with van der Waals surface area (Å²) >= 11 is 1.70. The highest BCUT2D eigenvalue weighted by Gasteiger charge is 2.19. The molecule has 0 bridgehead atoms. The fourth-order valence-electron chi connectivity index (χ4n) is 2.89. The lowest BCUT2D eigenvalue weighted by molar-refractivity contribution is 0.0699. The maximum atomic E-state index is 11.8. The number of aromatic carboxylic acids is 1. The van der Waals surface area contributed by atoms with Crippen LogP contribution in [0.3, 0.4) is 0 Å². The molecule has 2 aromatic heterocycles. The predicted molar refractivity (Wildman–Crippen MR) is 100 cm³/mol. The lowest BCUT2D eigenvalue weighted by Crippen LogP contribution is -2.11. The molecule has 0 fully saturated rings. The highest BCUT2D eigenvalue weighted by atomic mass is 32.1. The summed E-state index contributed by atoms with van der Waals surface area (Å²) in [7, 11) is 0. The van der Waals surface area contributed by atoms with Gasteiger partial charge in [0.15, 0.2) is 0 Å². The summed E-state index contributed by atoms with van der Waals surface area (Å²) in [6.07, 6.45) is 0. The summed E-state index contributed by atoms with van der Waals surface area (Å²) in [6, 6.07) is 9.70. The normalized spacial score (nSPS) is 11.9. The number of fused-ring (bicyclic) bond motifs is 1. The maximum absolute atomic E-state index is 11.8. The number of benzene rings is 1. The number of carboxylic acids is 1. The second-order valence-corrected chi connectivity index (χ2v) is 8.63. The molecule has 0 aliphatic carbocycles. The number of nitrogens with zero attached hydrogens (tertiary/aromatic N) is 1. The fourth-order valence-corrected chi connectivity index (χ4v) is 3.83. The van der Waals surface area contributed by atoms with Gasteiger partial charge in [-0.1, -0.05) is 26.8 Å². The topological polar surface area (TPSA) is 50.2 Å². The Bertz CT molecular complexity index is 948. The van der Waals surface area contributed by atoms with E-state index in [4.69, 9.17) is 4.98 Å². The van der Waals surface area contributed by atoms with Crippen molar-refractivity contribution in [1.82, 2.24) is 4.98 Å². The largest absolute Gasteiger partial charge is 0.478 e. The Balaban J connectivity index is 2.30. The van der Waals surface area contributed by atoms with Gasteiger partial charge in [0.25, 0.3) is 0 Å². The Morgan fingerprint density at radius 3 is 2.38 bits per heavy atom. The number of carbonyl (C=O) groups is 1. The molecule has 3 rings (SSSR count). The van der Waals surface area contributed by atoms with Gasteiger partial charge in [-0.3, -0.25) is 0 Å². The average Bonchev–Trinajstić information content (AvgIpc) is 2.83. The molecular formula is C20H21NO2S. The second-order valence-electron chi connectivity index (χ2n) is 7.17. The Morgan fingerprint density at radius 2 is 1.83 bits per heavy atom. The average molecular weight is 339 g/mol. The first kappa shape index (κ1) is 16.7. The molecule has 2 heterocycles. The molecule has 0 saturated carbocycles. The molecule has 0 spiro atoms. The molecule has 0 atom stereocenters. The van der Waals surface area contributed by atoms with E-state index in [1.807, 2.05) is 25.1 Å². The quantitative estimate of drug-likeness (QED) is 0.663. The van der Waals surface area contributed by atoms with Crippen LogP contribution in [0.15, 0.2) is 30.3 Å². The fraction of sp³-hybridized carbons (Fsp3) is 0.300. The van der Waals surface area contributed by atoms with Gasteiger partial charge < -0.3 is 5.11 Å². The standard InChI is InChI=1S/C20H21NO2S/c1-11-8-14(12(2)24-11)18-10-16(19(22)23)15-9-13(20(3,4)5)6-7-17(15)21-18/h6-10H,1-5H3,(H,22,23). The van der Waals surface area contributed by atoms with E-state index in [9.17, 15) is 9.90 Å². The number of carboxylic acid groups (broad SMARTS) is 1. The van der Waals surface area contributed by atoms with Crippen LogP contribution in [-0.4, -0.2) is 16.1 Å². The van der Waals surface area contributed by atoms with Crippen molar-refractivity contribution in [3.8, 4) is 11.3 Å². The van der Waals surface area contributed by atoms with Gasteiger partial charge in [0.05, 0.1) is 16.8 Å². The minimum Gasteiger partial charge on any atom is -0.478 e. The Labute approximate surface area is 146 Å². The minimum absolute atomic E-state index is 0.0380. The van der Waals surface area contributed by atoms with Crippen LogP contribution in [-0.2, 0) is 5.41 Å². The maximum Gasteiger partial charge on any atom is 0.336 e. The number of rotatable bonds is 2. The van der Waals surface area contributed by atoms with Crippen LogP contribution in [0.2, 0.25) is 0 Å².